The van der Waals surface area contributed by atoms with Crippen molar-refractivity contribution in [2.75, 3.05) is 41.3 Å². The van der Waals surface area contributed by atoms with Crippen LogP contribution in [0, 0.1) is 0 Å². The third-order valence-electron chi connectivity index (χ3n) is 4.11. The van der Waals surface area contributed by atoms with Crippen LogP contribution < -0.4 is 16.1 Å². The molecule has 0 atom stereocenters. The molecular weight excluding hydrogens is 396 g/mol. The smallest absolute Gasteiger partial charge is 0.486 e. The zero-order chi connectivity index (χ0) is 20.6. The molecule has 0 aliphatic carbocycles. The van der Waals surface area contributed by atoms with E-state index in [1.54, 1.807) is 12.1 Å². The molecule has 0 unspecified atom stereocenters. The number of nitrogen functional groups attached to an aromatic ring is 1. The van der Waals surface area contributed by atoms with Gasteiger partial charge in [0.15, 0.2) is 6.40 Å². The lowest BCUT2D eigenvalue weighted by atomic mass is 10.3. The highest BCUT2D eigenvalue weighted by Gasteiger charge is 2.55. The maximum absolute atomic E-state index is 6.44. The maximum atomic E-state index is 6.44. The first-order chi connectivity index (χ1) is 13.5. The van der Waals surface area contributed by atoms with E-state index in [1.165, 1.54) is 41.9 Å². The topological polar surface area (TPSA) is 93.8 Å². The van der Waals surface area contributed by atoms with Crippen LogP contribution in [0.1, 0.15) is 0 Å². The summed E-state index contributed by atoms with van der Waals surface area (Å²) in [5.41, 5.74) is 7.24. The van der Waals surface area contributed by atoms with Gasteiger partial charge in [-0.05, 0) is 24.3 Å². The van der Waals surface area contributed by atoms with Gasteiger partial charge >= 0.3 is 17.6 Å². The van der Waals surface area contributed by atoms with Crippen LogP contribution in [0.5, 0.6) is 0 Å². The molecule has 0 fully saturated rings. The van der Waals surface area contributed by atoms with Gasteiger partial charge in [0.1, 0.15) is 0 Å². The van der Waals surface area contributed by atoms with E-state index in [4.69, 9.17) is 32.3 Å². The predicted molar refractivity (Wildman–Crippen MR) is 112 cm³/mol. The molecule has 0 radical (unpaired) electrons. The van der Waals surface area contributed by atoms with Crippen LogP contribution in [0.15, 0.2) is 53.5 Å². The van der Waals surface area contributed by atoms with Crippen molar-refractivity contribution in [1.82, 2.24) is 0 Å². The minimum atomic E-state index is -3.36. The number of rotatable bonds is 10. The van der Waals surface area contributed by atoms with Crippen molar-refractivity contribution in [1.29, 1.82) is 0 Å². The fourth-order valence-corrected chi connectivity index (χ4v) is 8.88. The van der Waals surface area contributed by atoms with Gasteiger partial charge in [0, 0.05) is 44.5 Å². The molecule has 2 rings (SSSR count). The summed E-state index contributed by atoms with van der Waals surface area (Å²) in [6.45, 7) is 0. The second-order valence-electron chi connectivity index (χ2n) is 5.67. The summed E-state index contributed by atoms with van der Waals surface area (Å²) < 4.78 is 34.4. The zero-order valence-electron chi connectivity index (χ0n) is 16.7. The molecule has 2 aromatic rings. The molecule has 0 bridgehead atoms. The Morgan fingerprint density at radius 1 is 0.786 bits per heavy atom. The first kappa shape index (κ1) is 22.2. The molecule has 0 spiro atoms. The van der Waals surface area contributed by atoms with Gasteiger partial charge in [0.2, 0.25) is 0 Å². The number of hydrogen-bond donors (Lipinski definition) is 1. The number of nitrogens with zero attached hydrogens (tertiary/aromatic N) is 1. The molecule has 0 amide bonds. The van der Waals surface area contributed by atoms with Crippen LogP contribution in [0.2, 0.25) is 0 Å². The van der Waals surface area contributed by atoms with E-state index in [1.807, 2.05) is 36.4 Å². The monoisotopic (exact) mass is 422 g/mol. The largest absolute Gasteiger partial charge is 0.529 e. The third kappa shape index (κ3) is 4.67. The van der Waals surface area contributed by atoms with Crippen molar-refractivity contribution in [2.24, 2.45) is 4.99 Å². The van der Waals surface area contributed by atoms with Crippen molar-refractivity contribution in [3.05, 3.63) is 48.5 Å². The minimum Gasteiger partial charge on any atom is -0.486 e. The molecule has 2 N–H and O–H groups in total. The highest BCUT2D eigenvalue weighted by Crippen LogP contribution is 2.20. The third-order valence-corrected chi connectivity index (χ3v) is 10.5. The van der Waals surface area contributed by atoms with Crippen LogP contribution in [-0.4, -0.2) is 59.6 Å². The second-order valence-corrected chi connectivity index (χ2v) is 11.5. The number of anilines is 1. The van der Waals surface area contributed by atoms with Gasteiger partial charge in [0.25, 0.3) is 0 Å². The number of nitrogens with two attached hydrogens (primary N) is 1. The molecule has 2 aromatic carbocycles. The average molecular weight is 423 g/mol. The summed E-state index contributed by atoms with van der Waals surface area (Å²) in [4.78, 5) is 4.15. The van der Waals surface area contributed by atoms with E-state index in [-0.39, 0.29) is 0 Å². The van der Waals surface area contributed by atoms with Gasteiger partial charge in [-0.3, -0.25) is 0 Å². The SMILES string of the molecule is COC=Nc1ccc([Si](OC)(OC)O[Si](OC)(OC)c2cccc(N)c2)cc1. The lowest BCUT2D eigenvalue weighted by Crippen LogP contribution is -2.68. The molecule has 0 aliphatic heterocycles. The van der Waals surface area contributed by atoms with E-state index in [2.05, 4.69) is 4.99 Å². The Morgan fingerprint density at radius 3 is 1.86 bits per heavy atom. The molecule has 8 nitrogen and oxygen atoms in total. The molecule has 152 valence electrons. The zero-order valence-corrected chi connectivity index (χ0v) is 18.7. The average Bonchev–Trinajstić information content (AvgIpc) is 2.74. The Morgan fingerprint density at radius 2 is 1.36 bits per heavy atom. The quantitative estimate of drug-likeness (QED) is 0.266. The van der Waals surface area contributed by atoms with Crippen molar-refractivity contribution in [3.8, 4) is 0 Å². The number of benzene rings is 2. The molecule has 0 aliphatic rings. The van der Waals surface area contributed by atoms with Crippen LogP contribution in [-0.2, 0) is 26.6 Å². The first-order valence-corrected chi connectivity index (χ1v) is 11.9. The molecule has 10 heteroatoms. The minimum absolute atomic E-state index is 0.578. The summed E-state index contributed by atoms with van der Waals surface area (Å²) in [5, 5.41) is 1.45. The standard InChI is InChI=1S/C18H26N2O6Si2/c1-21-14-20-16-9-11-17(12-10-16)27(22-2,23-3)26-28(24-4,25-5)18-8-6-7-15(19)13-18/h6-14H,19H2,1-5H3. The van der Waals surface area contributed by atoms with Gasteiger partial charge in [-0.2, -0.15) is 0 Å². The predicted octanol–water partition coefficient (Wildman–Crippen LogP) is 1.17. The van der Waals surface area contributed by atoms with E-state index in [9.17, 15) is 0 Å². The van der Waals surface area contributed by atoms with Gasteiger partial charge < -0.3 is 32.3 Å². The molecular formula is C18H26N2O6Si2. The van der Waals surface area contributed by atoms with Gasteiger partial charge in [-0.25, -0.2) is 4.99 Å². The first-order valence-electron chi connectivity index (χ1n) is 8.41. The lowest BCUT2D eigenvalue weighted by Gasteiger charge is -2.35. The summed E-state index contributed by atoms with van der Waals surface area (Å²) in [5.74, 6) is 0. The fourth-order valence-electron chi connectivity index (χ4n) is 2.69. The highest BCUT2D eigenvalue weighted by molar-refractivity contribution is 6.88. The Kier molecular flexibility index (Phi) is 7.89. The molecule has 0 heterocycles. The lowest BCUT2D eigenvalue weighted by molar-refractivity contribution is 0.107. The Bertz CT molecular complexity index is 780. The Hall–Kier alpha value is -2.06. The number of hydrogen-bond acceptors (Lipinski definition) is 8. The summed E-state index contributed by atoms with van der Waals surface area (Å²) in [6, 6.07) is 14.5. The number of ether oxygens (including phenoxy) is 1. The molecule has 28 heavy (non-hydrogen) atoms. The fraction of sp³-hybridized carbons (Fsp3) is 0.278. The molecule has 0 saturated carbocycles. The van der Waals surface area contributed by atoms with Crippen molar-refractivity contribution < 1.29 is 26.6 Å². The van der Waals surface area contributed by atoms with E-state index < -0.39 is 17.6 Å². The van der Waals surface area contributed by atoms with Crippen LogP contribution in [0.25, 0.3) is 0 Å². The Balaban J connectivity index is 2.46. The van der Waals surface area contributed by atoms with Crippen LogP contribution in [0.3, 0.4) is 0 Å². The van der Waals surface area contributed by atoms with Crippen molar-refractivity contribution in [2.45, 2.75) is 0 Å². The van der Waals surface area contributed by atoms with Crippen molar-refractivity contribution >= 4 is 45.8 Å². The second kappa shape index (κ2) is 9.93. The molecule has 0 aromatic heterocycles. The van der Waals surface area contributed by atoms with Gasteiger partial charge in [0.05, 0.1) is 12.8 Å². The highest BCUT2D eigenvalue weighted by atomic mass is 28.5. The van der Waals surface area contributed by atoms with Crippen LogP contribution >= 0.6 is 0 Å². The van der Waals surface area contributed by atoms with E-state index >= 15 is 0 Å². The number of aliphatic imine (C=N–C) groups is 1. The number of methoxy groups -OCH3 is 1. The van der Waals surface area contributed by atoms with Gasteiger partial charge in [-0.1, -0.05) is 24.3 Å². The van der Waals surface area contributed by atoms with Gasteiger partial charge in [-0.15, -0.1) is 0 Å². The normalized spacial score (nSPS) is 12.5. The summed E-state index contributed by atoms with van der Waals surface area (Å²) >= 11 is 0. The summed E-state index contributed by atoms with van der Waals surface area (Å²) in [7, 11) is 0.954. The van der Waals surface area contributed by atoms with Crippen molar-refractivity contribution in [3.63, 3.8) is 0 Å². The van der Waals surface area contributed by atoms with Crippen LogP contribution in [0.4, 0.5) is 11.4 Å². The maximum Gasteiger partial charge on any atom is 0.529 e. The summed E-state index contributed by atoms with van der Waals surface area (Å²) in [6.07, 6.45) is 1.36. The van der Waals surface area contributed by atoms with E-state index in [0.717, 1.165) is 10.9 Å². The molecule has 0 saturated heterocycles. The van der Waals surface area contributed by atoms with E-state index in [0.29, 0.717) is 10.9 Å². The Labute approximate surface area is 167 Å².